The zero-order chi connectivity index (χ0) is 19.9. The average Bonchev–Trinajstić information content (AvgIpc) is 3.19. The molecule has 0 amide bonds. The Labute approximate surface area is 160 Å². The summed E-state index contributed by atoms with van der Waals surface area (Å²) >= 11 is 0. The van der Waals surface area contributed by atoms with E-state index >= 15 is 0 Å². The molecule has 0 radical (unpaired) electrons. The van der Waals surface area contributed by atoms with Crippen LogP contribution in [0.1, 0.15) is 31.4 Å². The Balaban J connectivity index is 1.55. The minimum Gasteiger partial charge on any atom is -0.434 e. The molecule has 2 heterocycles. The van der Waals surface area contributed by atoms with E-state index in [1.807, 2.05) is 0 Å². The number of aliphatic hydroxyl groups is 2. The van der Waals surface area contributed by atoms with E-state index in [1.165, 1.54) is 10.8 Å². The Bertz CT molecular complexity index is 936. The minimum absolute atomic E-state index is 0.0819. The van der Waals surface area contributed by atoms with Gasteiger partial charge >= 0.3 is 6.16 Å². The number of aromatic nitrogens is 3. The Kier molecular flexibility index (Phi) is 4.56. The topological polar surface area (TPSA) is 156 Å². The molecule has 28 heavy (non-hydrogen) atoms. The van der Waals surface area contributed by atoms with Crippen LogP contribution in [-0.4, -0.2) is 55.9 Å². The molecule has 2 aromatic heterocycles. The molecule has 2 aliphatic carbocycles. The van der Waals surface area contributed by atoms with Gasteiger partial charge in [0.2, 0.25) is 0 Å². The summed E-state index contributed by atoms with van der Waals surface area (Å²) in [5.74, 6) is -0.394. The summed E-state index contributed by atoms with van der Waals surface area (Å²) in [4.78, 5) is 15.7. The third-order valence-corrected chi connectivity index (χ3v) is 5.76. The number of fused-ring (bicyclic) bond motifs is 1. The van der Waals surface area contributed by atoms with Crippen molar-refractivity contribution >= 4 is 17.5 Å². The molecule has 2 saturated carbocycles. The van der Waals surface area contributed by atoms with E-state index in [-0.39, 0.29) is 24.9 Å². The first-order chi connectivity index (χ1) is 13.5. The summed E-state index contributed by atoms with van der Waals surface area (Å²) in [6.07, 6.45) is 0.466. The molecule has 0 bridgehead atoms. The van der Waals surface area contributed by atoms with Gasteiger partial charge < -0.3 is 25.4 Å². The highest BCUT2D eigenvalue weighted by Gasteiger charge is 2.56. The van der Waals surface area contributed by atoms with E-state index < -0.39 is 29.7 Å². The molecule has 0 aromatic carbocycles. The molecule has 10 heteroatoms. The van der Waals surface area contributed by atoms with Gasteiger partial charge in [-0.3, -0.25) is 0 Å². The van der Waals surface area contributed by atoms with Gasteiger partial charge in [-0.2, -0.15) is 10.4 Å². The molecule has 0 saturated heterocycles. The maximum absolute atomic E-state index is 11.8. The highest BCUT2D eigenvalue weighted by molar-refractivity contribution is 5.66. The summed E-state index contributed by atoms with van der Waals surface area (Å²) in [7, 11) is 0. The number of hydrogen-bond donors (Lipinski definition) is 3. The smallest absolute Gasteiger partial charge is 0.434 e. The van der Waals surface area contributed by atoms with Crippen molar-refractivity contribution < 1.29 is 24.5 Å². The quantitative estimate of drug-likeness (QED) is 0.636. The molecular formula is C18H21N5O5. The number of nitrogens with zero attached hydrogens (tertiary/aromatic N) is 4. The van der Waals surface area contributed by atoms with E-state index in [1.54, 1.807) is 12.1 Å². The lowest BCUT2D eigenvalue weighted by Gasteiger charge is -2.25. The van der Waals surface area contributed by atoms with Crippen LogP contribution < -0.4 is 5.73 Å². The third-order valence-electron chi connectivity index (χ3n) is 5.76. The fourth-order valence-electron chi connectivity index (χ4n) is 3.91. The van der Waals surface area contributed by atoms with Crippen LogP contribution in [0.3, 0.4) is 0 Å². The molecule has 2 aliphatic rings. The molecule has 4 N–H and O–H groups in total. The maximum Gasteiger partial charge on any atom is 0.508 e. The van der Waals surface area contributed by atoms with Gasteiger partial charge in [-0.05, 0) is 37.8 Å². The predicted molar refractivity (Wildman–Crippen MR) is 94.9 cm³/mol. The van der Waals surface area contributed by atoms with E-state index in [0.717, 1.165) is 19.3 Å². The number of hydrogen-bond acceptors (Lipinski definition) is 9. The van der Waals surface area contributed by atoms with Crippen LogP contribution >= 0.6 is 0 Å². The third kappa shape index (κ3) is 2.83. The summed E-state index contributed by atoms with van der Waals surface area (Å²) in [5, 5.41) is 35.2. The standard InChI is InChI=1S/C18H21N5O5/c19-8-18(13-5-4-12-16(20)21-9-22-23(12)13)6-10(14(24)15(18)25)7-27-17(26)28-11-2-1-3-11/h4-5,9-11,14-15,24-25H,1-3,6-7H2,(H2,20,21,22)/t10-,14-,15-,18-/m1/s1. The van der Waals surface area contributed by atoms with Gasteiger partial charge in [0.05, 0.1) is 17.9 Å². The molecule has 2 fully saturated rings. The predicted octanol–water partition coefficient (Wildman–Crippen LogP) is 0.520. The molecule has 0 unspecified atom stereocenters. The largest absolute Gasteiger partial charge is 0.508 e. The number of nitrogens with two attached hydrogens (primary N) is 1. The van der Waals surface area contributed by atoms with Crippen molar-refractivity contribution in [1.29, 1.82) is 5.26 Å². The molecule has 4 rings (SSSR count). The maximum atomic E-state index is 11.8. The van der Waals surface area contributed by atoms with Gasteiger partial charge in [0.25, 0.3) is 0 Å². The fourth-order valence-corrected chi connectivity index (χ4v) is 3.91. The van der Waals surface area contributed by atoms with E-state index in [2.05, 4.69) is 16.2 Å². The zero-order valence-electron chi connectivity index (χ0n) is 15.1. The number of carbonyl (C=O) groups excluding carboxylic acids is 1. The molecule has 4 atom stereocenters. The Morgan fingerprint density at radius 3 is 2.89 bits per heavy atom. The minimum atomic E-state index is -1.43. The number of carbonyl (C=O) groups is 1. The van der Waals surface area contributed by atoms with Gasteiger partial charge in [0.1, 0.15) is 36.1 Å². The first-order valence-corrected chi connectivity index (χ1v) is 9.16. The van der Waals surface area contributed by atoms with Crippen LogP contribution in [0.15, 0.2) is 18.5 Å². The van der Waals surface area contributed by atoms with Crippen molar-refractivity contribution in [1.82, 2.24) is 14.6 Å². The van der Waals surface area contributed by atoms with Gasteiger partial charge in [0, 0.05) is 5.92 Å². The number of nitriles is 1. The average molecular weight is 387 g/mol. The molecule has 0 spiro atoms. The summed E-state index contributed by atoms with van der Waals surface area (Å²) in [6.45, 7) is -0.159. The highest BCUT2D eigenvalue weighted by atomic mass is 16.7. The van der Waals surface area contributed by atoms with Gasteiger partial charge in [-0.25, -0.2) is 14.3 Å². The molecule has 2 aromatic rings. The van der Waals surface area contributed by atoms with Crippen molar-refractivity contribution in [3.63, 3.8) is 0 Å². The number of rotatable bonds is 4. The lowest BCUT2D eigenvalue weighted by Crippen LogP contribution is -2.40. The normalized spacial score (nSPS) is 30.0. The van der Waals surface area contributed by atoms with Crippen LogP contribution in [0.4, 0.5) is 10.6 Å². The first kappa shape index (κ1) is 18.5. The Morgan fingerprint density at radius 2 is 2.21 bits per heavy atom. The SMILES string of the molecule is N#C[C@@]1(c2ccc3c(N)ncnn23)C[C@H](COC(=O)OC2CCC2)[C@@H](O)[C@H]1O. The lowest BCUT2D eigenvalue weighted by atomic mass is 9.81. The summed E-state index contributed by atoms with van der Waals surface area (Å²) < 4.78 is 11.7. The van der Waals surface area contributed by atoms with Crippen molar-refractivity contribution in [2.75, 3.05) is 12.3 Å². The molecular weight excluding hydrogens is 366 g/mol. The zero-order valence-corrected chi connectivity index (χ0v) is 15.1. The second-order valence-corrected chi connectivity index (χ2v) is 7.38. The van der Waals surface area contributed by atoms with E-state index in [0.29, 0.717) is 11.2 Å². The lowest BCUT2D eigenvalue weighted by molar-refractivity contribution is -0.0323. The van der Waals surface area contributed by atoms with Crippen molar-refractivity contribution in [2.24, 2.45) is 5.92 Å². The highest BCUT2D eigenvalue weighted by Crippen LogP contribution is 2.45. The van der Waals surface area contributed by atoms with Gasteiger partial charge in [-0.15, -0.1) is 0 Å². The monoisotopic (exact) mass is 387 g/mol. The van der Waals surface area contributed by atoms with Crippen LogP contribution in [0, 0.1) is 17.2 Å². The molecule has 0 aliphatic heterocycles. The van der Waals surface area contributed by atoms with Crippen LogP contribution in [0.2, 0.25) is 0 Å². The van der Waals surface area contributed by atoms with Gasteiger partial charge in [-0.1, -0.05) is 0 Å². The fraction of sp³-hybridized carbons (Fsp3) is 0.556. The Morgan fingerprint density at radius 1 is 1.43 bits per heavy atom. The Hall–Kier alpha value is -2.90. The first-order valence-electron chi connectivity index (χ1n) is 9.16. The second-order valence-electron chi connectivity index (χ2n) is 7.38. The number of ether oxygens (including phenoxy) is 2. The van der Waals surface area contributed by atoms with Crippen LogP contribution in [-0.2, 0) is 14.9 Å². The van der Waals surface area contributed by atoms with Gasteiger partial charge in [0.15, 0.2) is 5.82 Å². The summed E-state index contributed by atoms with van der Waals surface area (Å²) in [6, 6.07) is 5.42. The van der Waals surface area contributed by atoms with Crippen LogP contribution in [0.5, 0.6) is 0 Å². The summed E-state index contributed by atoms with van der Waals surface area (Å²) in [5.41, 5.74) is 5.30. The number of nitrogen functional groups attached to an aromatic ring is 1. The van der Waals surface area contributed by atoms with Crippen molar-refractivity contribution in [3.05, 3.63) is 24.2 Å². The number of aliphatic hydroxyl groups excluding tert-OH is 2. The van der Waals surface area contributed by atoms with Crippen LogP contribution in [0.25, 0.3) is 5.52 Å². The second kappa shape index (κ2) is 6.92. The molecule has 148 valence electrons. The molecule has 10 nitrogen and oxygen atoms in total. The van der Waals surface area contributed by atoms with E-state index in [4.69, 9.17) is 15.2 Å². The van der Waals surface area contributed by atoms with Crippen molar-refractivity contribution in [3.8, 4) is 6.07 Å². The van der Waals surface area contributed by atoms with E-state index in [9.17, 15) is 20.3 Å². The van der Waals surface area contributed by atoms with Crippen molar-refractivity contribution in [2.45, 2.75) is 49.4 Å². The number of anilines is 1.